The molecule has 4 rings (SSSR count). The highest BCUT2D eigenvalue weighted by Crippen LogP contribution is 2.54. The lowest BCUT2D eigenvalue weighted by molar-refractivity contribution is -0.238. The second kappa shape index (κ2) is 3.41. The topological polar surface area (TPSA) is 44.8 Å². The molecule has 18 heavy (non-hydrogen) atoms. The highest BCUT2D eigenvalue weighted by Gasteiger charge is 2.64. The average molecular weight is 246 g/mol. The van der Waals surface area contributed by atoms with Gasteiger partial charge in [0.05, 0.1) is 6.10 Å². The van der Waals surface area contributed by atoms with E-state index < -0.39 is 11.9 Å². The zero-order valence-electron chi connectivity index (χ0n) is 10.1. The number of hydrogen-bond acceptors (Lipinski definition) is 4. The molecule has 2 fully saturated rings. The molecule has 0 unspecified atom stereocenters. The van der Waals surface area contributed by atoms with E-state index in [1.54, 1.807) is 7.11 Å². The molecule has 2 saturated heterocycles. The predicted molar refractivity (Wildman–Crippen MR) is 62.2 cm³/mol. The van der Waals surface area contributed by atoms with Gasteiger partial charge in [-0.25, -0.2) is 0 Å². The van der Waals surface area contributed by atoms with Crippen LogP contribution < -0.4 is 0 Å². The third-order valence-corrected chi connectivity index (χ3v) is 4.35. The molecule has 0 aliphatic carbocycles. The first-order valence-corrected chi connectivity index (χ1v) is 6.26. The van der Waals surface area contributed by atoms with Crippen molar-refractivity contribution in [2.75, 3.05) is 13.7 Å². The minimum atomic E-state index is -0.795. The number of hydrogen-bond donors (Lipinski definition) is 0. The average Bonchev–Trinajstić information content (AvgIpc) is 2.98. The number of carbonyl (C=O) groups excluding carboxylic acids is 1. The van der Waals surface area contributed by atoms with Gasteiger partial charge in [-0.3, -0.25) is 4.79 Å². The maximum atomic E-state index is 12.4. The molecule has 94 valence electrons. The van der Waals surface area contributed by atoms with E-state index in [4.69, 9.17) is 14.2 Å². The summed E-state index contributed by atoms with van der Waals surface area (Å²) in [6.45, 7) is 0.676. The van der Waals surface area contributed by atoms with Crippen LogP contribution in [-0.2, 0) is 20.0 Å². The third kappa shape index (κ3) is 1.04. The van der Waals surface area contributed by atoms with Gasteiger partial charge in [0, 0.05) is 30.8 Å². The molecule has 4 heteroatoms. The first-order valence-electron chi connectivity index (χ1n) is 6.26. The fraction of sp³-hybridized carbons (Fsp3) is 0.500. The number of methoxy groups -OCH3 is 1. The van der Waals surface area contributed by atoms with Gasteiger partial charge in [0.2, 0.25) is 5.79 Å². The van der Waals surface area contributed by atoms with Crippen LogP contribution >= 0.6 is 0 Å². The molecule has 0 radical (unpaired) electrons. The van der Waals surface area contributed by atoms with Crippen molar-refractivity contribution in [3.05, 3.63) is 35.4 Å². The van der Waals surface area contributed by atoms with Crippen LogP contribution in [0.25, 0.3) is 0 Å². The van der Waals surface area contributed by atoms with Crippen molar-refractivity contribution >= 4 is 5.78 Å². The Morgan fingerprint density at radius 1 is 1.39 bits per heavy atom. The molecule has 3 aliphatic rings. The molecule has 0 saturated carbocycles. The molecule has 0 spiro atoms. The van der Waals surface area contributed by atoms with Gasteiger partial charge in [0.25, 0.3) is 0 Å². The van der Waals surface area contributed by atoms with Crippen LogP contribution in [0.15, 0.2) is 24.3 Å². The molecule has 0 amide bonds. The second-order valence-electron chi connectivity index (χ2n) is 5.05. The Bertz CT molecular complexity index is 526. The molecule has 0 aromatic heterocycles. The molecule has 1 aromatic rings. The summed E-state index contributed by atoms with van der Waals surface area (Å²) in [5, 5.41) is 0. The van der Waals surface area contributed by atoms with Crippen LogP contribution in [0.3, 0.4) is 0 Å². The minimum Gasteiger partial charge on any atom is -0.374 e. The normalized spacial score (nSPS) is 40.7. The maximum absolute atomic E-state index is 12.4. The van der Waals surface area contributed by atoms with Crippen molar-refractivity contribution in [3.8, 4) is 0 Å². The minimum absolute atomic E-state index is 0.0210. The molecule has 1 aromatic carbocycles. The van der Waals surface area contributed by atoms with E-state index in [1.165, 1.54) is 0 Å². The summed E-state index contributed by atoms with van der Waals surface area (Å²) in [4.78, 5) is 12.4. The molecule has 3 heterocycles. The Labute approximate surface area is 105 Å². The molecule has 2 bridgehead atoms. The van der Waals surface area contributed by atoms with E-state index in [2.05, 4.69) is 0 Å². The van der Waals surface area contributed by atoms with E-state index in [9.17, 15) is 4.79 Å². The fourth-order valence-corrected chi connectivity index (χ4v) is 3.59. The smallest absolute Gasteiger partial charge is 0.201 e. The highest BCUT2D eigenvalue weighted by molar-refractivity contribution is 6.03. The lowest BCUT2D eigenvalue weighted by Crippen LogP contribution is -2.41. The standard InChI is InChI=1S/C14H14O4/c1-16-14-9-5-3-2-4-8(9)11(15)13(18-14)12-10(14)6-7-17-12/h2-5,10,12-13H,6-7H2,1H3/t10-,12+,13+,14-/m1/s1. The molecule has 0 N–H and O–H groups in total. The SMILES string of the molecule is CO[C@@]12O[C@@H](C(=O)c3ccccc31)[C@H]1OCC[C@H]12. The summed E-state index contributed by atoms with van der Waals surface area (Å²) in [5.41, 5.74) is 1.57. The molecule has 3 aliphatic heterocycles. The van der Waals surface area contributed by atoms with Gasteiger partial charge in [-0.05, 0) is 6.42 Å². The first-order chi connectivity index (χ1) is 8.78. The molecule has 4 nitrogen and oxygen atoms in total. The first kappa shape index (κ1) is 10.7. The maximum Gasteiger partial charge on any atom is 0.201 e. The Kier molecular flexibility index (Phi) is 2.02. The predicted octanol–water partition coefficient (Wildman–Crippen LogP) is 1.49. The van der Waals surface area contributed by atoms with Gasteiger partial charge in [-0.1, -0.05) is 24.3 Å². The fourth-order valence-electron chi connectivity index (χ4n) is 3.59. The molecular formula is C14H14O4. The zero-order valence-corrected chi connectivity index (χ0v) is 10.1. The van der Waals surface area contributed by atoms with Crippen molar-refractivity contribution in [1.82, 2.24) is 0 Å². The monoisotopic (exact) mass is 246 g/mol. The summed E-state index contributed by atoms with van der Waals surface area (Å²) in [6.07, 6.45) is 0.202. The Hall–Kier alpha value is -1.23. The van der Waals surface area contributed by atoms with Crippen LogP contribution in [0.1, 0.15) is 22.3 Å². The van der Waals surface area contributed by atoms with Gasteiger partial charge in [0.15, 0.2) is 11.9 Å². The van der Waals surface area contributed by atoms with Crippen molar-refractivity contribution in [2.45, 2.75) is 24.4 Å². The summed E-state index contributed by atoms with van der Waals surface area (Å²) in [7, 11) is 1.64. The number of ketones is 1. The lowest BCUT2D eigenvalue weighted by atomic mass is 9.88. The van der Waals surface area contributed by atoms with Gasteiger partial charge in [0.1, 0.15) is 0 Å². The number of carbonyl (C=O) groups is 1. The Morgan fingerprint density at radius 2 is 2.22 bits per heavy atom. The van der Waals surface area contributed by atoms with Gasteiger partial charge < -0.3 is 14.2 Å². The van der Waals surface area contributed by atoms with Crippen molar-refractivity contribution < 1.29 is 19.0 Å². The highest BCUT2D eigenvalue weighted by atomic mass is 16.7. The van der Waals surface area contributed by atoms with Gasteiger partial charge in [-0.2, -0.15) is 0 Å². The van der Waals surface area contributed by atoms with E-state index in [1.807, 2.05) is 24.3 Å². The third-order valence-electron chi connectivity index (χ3n) is 4.35. The number of Topliss-reactive ketones (excluding diaryl/α,β-unsaturated/α-hetero) is 1. The quantitative estimate of drug-likeness (QED) is 0.753. The van der Waals surface area contributed by atoms with Crippen molar-refractivity contribution in [1.29, 1.82) is 0 Å². The van der Waals surface area contributed by atoms with Crippen LogP contribution in [0.5, 0.6) is 0 Å². The van der Waals surface area contributed by atoms with Crippen LogP contribution in [0.2, 0.25) is 0 Å². The van der Waals surface area contributed by atoms with E-state index in [0.29, 0.717) is 12.2 Å². The zero-order chi connectivity index (χ0) is 12.3. The largest absolute Gasteiger partial charge is 0.374 e. The van der Waals surface area contributed by atoms with Crippen LogP contribution in [0, 0.1) is 5.92 Å². The van der Waals surface area contributed by atoms with E-state index >= 15 is 0 Å². The summed E-state index contributed by atoms with van der Waals surface area (Å²) in [5.74, 6) is -0.663. The Morgan fingerprint density at radius 3 is 3.06 bits per heavy atom. The van der Waals surface area contributed by atoms with Crippen LogP contribution in [-0.4, -0.2) is 31.7 Å². The summed E-state index contributed by atoms with van der Waals surface area (Å²) < 4.78 is 17.3. The number of rotatable bonds is 1. The number of benzene rings is 1. The number of fused-ring (bicyclic) bond motifs is 7. The lowest BCUT2D eigenvalue weighted by Gasteiger charge is -2.36. The van der Waals surface area contributed by atoms with Crippen molar-refractivity contribution in [3.63, 3.8) is 0 Å². The van der Waals surface area contributed by atoms with Gasteiger partial charge in [-0.15, -0.1) is 0 Å². The number of ether oxygens (including phenoxy) is 3. The molecular weight excluding hydrogens is 232 g/mol. The van der Waals surface area contributed by atoms with E-state index in [0.717, 1.165) is 12.0 Å². The summed E-state index contributed by atoms with van der Waals surface area (Å²) >= 11 is 0. The second-order valence-corrected chi connectivity index (χ2v) is 5.05. The van der Waals surface area contributed by atoms with Crippen LogP contribution in [0.4, 0.5) is 0 Å². The van der Waals surface area contributed by atoms with E-state index in [-0.39, 0.29) is 17.8 Å². The summed E-state index contributed by atoms with van der Waals surface area (Å²) in [6, 6.07) is 7.57. The Balaban J connectivity index is 1.98. The molecule has 4 atom stereocenters. The van der Waals surface area contributed by atoms with Gasteiger partial charge >= 0.3 is 0 Å². The van der Waals surface area contributed by atoms with Crippen molar-refractivity contribution in [2.24, 2.45) is 5.92 Å².